The Morgan fingerprint density at radius 1 is 1.31 bits per heavy atom. The largest absolute Gasteiger partial charge is 0.508 e. The summed E-state index contributed by atoms with van der Waals surface area (Å²) in [6.07, 6.45) is 0. The van der Waals surface area contributed by atoms with Crippen LogP contribution < -0.4 is 5.32 Å². The average molecular weight is 224 g/mol. The third-order valence-electron chi connectivity index (χ3n) is 2.71. The molecule has 0 saturated carbocycles. The molecule has 4 nitrogen and oxygen atoms in total. The first-order chi connectivity index (χ1) is 7.50. The van der Waals surface area contributed by atoms with E-state index in [1.165, 1.54) is 6.07 Å². The molecular formula is C12H20N2O2. The summed E-state index contributed by atoms with van der Waals surface area (Å²) in [5.41, 5.74) is 0.795. The number of hydrogen-bond donors (Lipinski definition) is 3. The zero-order chi connectivity index (χ0) is 12.1. The van der Waals surface area contributed by atoms with Crippen molar-refractivity contribution in [1.29, 1.82) is 0 Å². The van der Waals surface area contributed by atoms with Crippen molar-refractivity contribution < 1.29 is 10.2 Å². The number of phenols is 2. The van der Waals surface area contributed by atoms with Crippen LogP contribution in [0.2, 0.25) is 0 Å². The molecule has 0 amide bonds. The van der Waals surface area contributed by atoms with Crippen molar-refractivity contribution >= 4 is 0 Å². The fraction of sp³-hybridized carbons (Fsp3) is 0.500. The standard InChI is InChI=1S/C12H20N2O2/c1-9(14(2)3)7-13-8-10-4-5-11(15)6-12(10)16/h4-6,9,13,15-16H,7-8H2,1-3H3. The molecule has 0 aliphatic heterocycles. The second-order valence-electron chi connectivity index (χ2n) is 4.26. The molecule has 1 unspecified atom stereocenters. The molecule has 1 atom stereocenters. The smallest absolute Gasteiger partial charge is 0.123 e. The van der Waals surface area contributed by atoms with Crippen molar-refractivity contribution in [2.24, 2.45) is 0 Å². The van der Waals surface area contributed by atoms with Crippen molar-refractivity contribution in [3.05, 3.63) is 23.8 Å². The molecule has 1 aromatic rings. The van der Waals surface area contributed by atoms with Crippen molar-refractivity contribution in [2.75, 3.05) is 20.6 Å². The van der Waals surface area contributed by atoms with E-state index < -0.39 is 0 Å². The maximum absolute atomic E-state index is 9.56. The number of aromatic hydroxyl groups is 2. The van der Waals surface area contributed by atoms with Crippen molar-refractivity contribution in [2.45, 2.75) is 19.5 Å². The molecule has 16 heavy (non-hydrogen) atoms. The lowest BCUT2D eigenvalue weighted by atomic mass is 10.2. The summed E-state index contributed by atoms with van der Waals surface area (Å²) in [6, 6.07) is 5.09. The number of rotatable bonds is 5. The number of nitrogens with one attached hydrogen (secondary N) is 1. The van der Waals surface area contributed by atoms with Gasteiger partial charge in [0.05, 0.1) is 0 Å². The Kier molecular flexibility index (Phi) is 4.58. The first-order valence-corrected chi connectivity index (χ1v) is 5.38. The number of benzene rings is 1. The van der Waals surface area contributed by atoms with Gasteiger partial charge in [0.25, 0.3) is 0 Å². The van der Waals surface area contributed by atoms with E-state index in [-0.39, 0.29) is 11.5 Å². The van der Waals surface area contributed by atoms with Crippen LogP contribution in [0.15, 0.2) is 18.2 Å². The van der Waals surface area contributed by atoms with Gasteiger partial charge in [-0.25, -0.2) is 0 Å². The monoisotopic (exact) mass is 224 g/mol. The second-order valence-corrected chi connectivity index (χ2v) is 4.26. The normalized spacial score (nSPS) is 13.0. The van der Waals surface area contributed by atoms with E-state index in [1.54, 1.807) is 12.1 Å². The van der Waals surface area contributed by atoms with E-state index >= 15 is 0 Å². The van der Waals surface area contributed by atoms with Crippen molar-refractivity contribution in [3.8, 4) is 11.5 Å². The minimum absolute atomic E-state index is 0.0860. The molecule has 0 aromatic heterocycles. The van der Waals surface area contributed by atoms with Crippen LogP contribution in [0.1, 0.15) is 12.5 Å². The van der Waals surface area contributed by atoms with E-state index in [2.05, 4.69) is 17.1 Å². The summed E-state index contributed by atoms with van der Waals surface area (Å²) >= 11 is 0. The molecule has 0 radical (unpaired) electrons. The lowest BCUT2D eigenvalue weighted by molar-refractivity contribution is 0.302. The molecule has 0 aliphatic rings. The van der Waals surface area contributed by atoms with Gasteiger partial charge in [0, 0.05) is 30.8 Å². The van der Waals surface area contributed by atoms with Crippen LogP contribution in [0, 0.1) is 0 Å². The lowest BCUT2D eigenvalue weighted by Gasteiger charge is -2.20. The highest BCUT2D eigenvalue weighted by atomic mass is 16.3. The highest BCUT2D eigenvalue weighted by molar-refractivity contribution is 5.38. The van der Waals surface area contributed by atoms with Gasteiger partial charge in [-0.1, -0.05) is 6.07 Å². The Labute approximate surface area is 96.5 Å². The van der Waals surface area contributed by atoms with Crippen LogP contribution in [0.3, 0.4) is 0 Å². The van der Waals surface area contributed by atoms with Gasteiger partial charge in [-0.2, -0.15) is 0 Å². The van der Waals surface area contributed by atoms with Crippen LogP contribution in [-0.4, -0.2) is 41.8 Å². The SMILES string of the molecule is CC(CNCc1ccc(O)cc1O)N(C)C. The minimum Gasteiger partial charge on any atom is -0.508 e. The molecule has 0 heterocycles. The second kappa shape index (κ2) is 5.72. The number of nitrogens with zero attached hydrogens (tertiary/aromatic N) is 1. The van der Waals surface area contributed by atoms with Crippen LogP contribution in [-0.2, 0) is 6.54 Å². The number of hydrogen-bond acceptors (Lipinski definition) is 4. The Bertz CT molecular complexity index is 340. The van der Waals surface area contributed by atoms with E-state index in [0.717, 1.165) is 12.1 Å². The highest BCUT2D eigenvalue weighted by Crippen LogP contribution is 2.22. The Morgan fingerprint density at radius 3 is 2.56 bits per heavy atom. The topological polar surface area (TPSA) is 55.7 Å². The molecule has 0 saturated heterocycles. The molecule has 1 aromatic carbocycles. The van der Waals surface area contributed by atoms with Crippen molar-refractivity contribution in [3.63, 3.8) is 0 Å². The maximum Gasteiger partial charge on any atom is 0.123 e. The summed E-state index contributed by atoms with van der Waals surface area (Å²) in [6.45, 7) is 3.58. The summed E-state index contributed by atoms with van der Waals surface area (Å²) < 4.78 is 0. The molecule has 1 rings (SSSR count). The third kappa shape index (κ3) is 3.72. The van der Waals surface area contributed by atoms with Gasteiger partial charge >= 0.3 is 0 Å². The van der Waals surface area contributed by atoms with Gasteiger partial charge in [0.2, 0.25) is 0 Å². The lowest BCUT2D eigenvalue weighted by Crippen LogP contribution is -2.35. The fourth-order valence-corrected chi connectivity index (χ4v) is 1.30. The van der Waals surface area contributed by atoms with Gasteiger partial charge < -0.3 is 20.4 Å². The van der Waals surface area contributed by atoms with Crippen molar-refractivity contribution in [1.82, 2.24) is 10.2 Å². The quantitative estimate of drug-likeness (QED) is 0.702. The Balaban J connectivity index is 2.43. The van der Waals surface area contributed by atoms with Gasteiger partial charge in [-0.15, -0.1) is 0 Å². The van der Waals surface area contributed by atoms with Crippen LogP contribution in [0.5, 0.6) is 11.5 Å². The third-order valence-corrected chi connectivity index (χ3v) is 2.71. The summed E-state index contributed by atoms with van der Waals surface area (Å²) in [5, 5.41) is 22.0. The minimum atomic E-state index is 0.0860. The molecule has 90 valence electrons. The van der Waals surface area contributed by atoms with Crippen LogP contribution in [0.4, 0.5) is 0 Å². The summed E-state index contributed by atoms with van der Waals surface area (Å²) in [7, 11) is 4.06. The van der Waals surface area contributed by atoms with Crippen LogP contribution >= 0.6 is 0 Å². The van der Waals surface area contributed by atoms with E-state index in [4.69, 9.17) is 5.11 Å². The highest BCUT2D eigenvalue weighted by Gasteiger charge is 2.05. The van der Waals surface area contributed by atoms with Gasteiger partial charge in [-0.3, -0.25) is 0 Å². The molecule has 3 N–H and O–H groups in total. The van der Waals surface area contributed by atoms with E-state index in [1.807, 2.05) is 14.1 Å². The average Bonchev–Trinajstić information content (AvgIpc) is 2.20. The Morgan fingerprint density at radius 2 is 2.00 bits per heavy atom. The van der Waals surface area contributed by atoms with Gasteiger partial charge in [0.15, 0.2) is 0 Å². The molecule has 0 aliphatic carbocycles. The summed E-state index contributed by atoms with van der Waals surface area (Å²) in [4.78, 5) is 2.13. The van der Waals surface area contributed by atoms with Crippen LogP contribution in [0.25, 0.3) is 0 Å². The predicted molar refractivity (Wildman–Crippen MR) is 64.6 cm³/mol. The Hall–Kier alpha value is -1.26. The summed E-state index contributed by atoms with van der Waals surface area (Å²) in [5.74, 6) is 0.216. The number of phenolic OH excluding ortho intramolecular Hbond substituents is 2. The first-order valence-electron chi connectivity index (χ1n) is 5.38. The van der Waals surface area contributed by atoms with Gasteiger partial charge in [0.1, 0.15) is 11.5 Å². The fourth-order valence-electron chi connectivity index (χ4n) is 1.30. The van der Waals surface area contributed by atoms with E-state index in [9.17, 15) is 5.11 Å². The van der Waals surface area contributed by atoms with E-state index in [0.29, 0.717) is 12.6 Å². The zero-order valence-corrected chi connectivity index (χ0v) is 10.1. The molecule has 0 fully saturated rings. The zero-order valence-electron chi connectivity index (χ0n) is 10.1. The first kappa shape index (κ1) is 12.8. The molecule has 0 bridgehead atoms. The predicted octanol–water partition coefficient (Wildman–Crippen LogP) is 1.14. The molecular weight excluding hydrogens is 204 g/mol. The maximum atomic E-state index is 9.56. The molecule has 0 spiro atoms. The van der Waals surface area contributed by atoms with Gasteiger partial charge in [-0.05, 0) is 27.1 Å². The molecule has 4 heteroatoms. The number of likely N-dealkylation sites (N-methyl/N-ethyl adjacent to an activating group) is 1.